The molecule has 0 aliphatic rings. The largest absolute Gasteiger partial charge is 0.280 e. The standard InChI is InChI=1S/C12H14ClN3O2S/c1-8(2)11-7-12(15-14-11)16-19(17,18)10-5-3-9(13)4-6-10/h3-8H,1-2H3,(H2,14,15,16). The smallest absolute Gasteiger partial charge is 0.263 e. The predicted octanol–water partition coefficient (Wildman–Crippen LogP) is 2.99. The van der Waals surface area contributed by atoms with Crippen LogP contribution in [0.5, 0.6) is 0 Å². The summed E-state index contributed by atoms with van der Waals surface area (Å²) in [5.74, 6) is 0.528. The van der Waals surface area contributed by atoms with E-state index >= 15 is 0 Å². The van der Waals surface area contributed by atoms with Crippen LogP contribution in [0.4, 0.5) is 5.82 Å². The number of halogens is 1. The van der Waals surface area contributed by atoms with E-state index in [0.717, 1.165) is 5.69 Å². The monoisotopic (exact) mass is 299 g/mol. The Kier molecular flexibility index (Phi) is 3.82. The maximum atomic E-state index is 12.1. The average molecular weight is 300 g/mol. The van der Waals surface area contributed by atoms with Crippen LogP contribution >= 0.6 is 11.6 Å². The van der Waals surface area contributed by atoms with Crippen molar-refractivity contribution in [3.8, 4) is 0 Å². The maximum Gasteiger partial charge on any atom is 0.263 e. The van der Waals surface area contributed by atoms with Gasteiger partial charge in [-0.1, -0.05) is 25.4 Å². The first kappa shape index (κ1) is 13.9. The summed E-state index contributed by atoms with van der Waals surface area (Å²) in [6, 6.07) is 7.62. The quantitative estimate of drug-likeness (QED) is 0.911. The van der Waals surface area contributed by atoms with Crippen molar-refractivity contribution in [3.05, 3.63) is 41.0 Å². The van der Waals surface area contributed by atoms with E-state index in [-0.39, 0.29) is 16.6 Å². The molecule has 0 amide bonds. The normalized spacial score (nSPS) is 11.8. The van der Waals surface area contributed by atoms with Gasteiger partial charge in [0, 0.05) is 16.8 Å². The highest BCUT2D eigenvalue weighted by molar-refractivity contribution is 7.92. The SMILES string of the molecule is CC(C)c1cc(NS(=O)(=O)c2ccc(Cl)cc2)n[nH]1. The third-order valence-electron chi connectivity index (χ3n) is 2.58. The fourth-order valence-electron chi connectivity index (χ4n) is 1.50. The van der Waals surface area contributed by atoms with E-state index in [9.17, 15) is 8.42 Å². The summed E-state index contributed by atoms with van der Waals surface area (Å²) >= 11 is 5.73. The van der Waals surface area contributed by atoms with Crippen LogP contribution in [0, 0.1) is 0 Å². The van der Waals surface area contributed by atoms with Gasteiger partial charge in [0.25, 0.3) is 10.0 Å². The van der Waals surface area contributed by atoms with Gasteiger partial charge in [-0.25, -0.2) is 8.42 Å². The first-order valence-electron chi connectivity index (χ1n) is 5.72. The van der Waals surface area contributed by atoms with E-state index in [4.69, 9.17) is 11.6 Å². The second-order valence-corrected chi connectivity index (χ2v) is 6.54. The van der Waals surface area contributed by atoms with Gasteiger partial charge in [-0.05, 0) is 30.2 Å². The van der Waals surface area contributed by atoms with E-state index in [1.54, 1.807) is 6.07 Å². The number of H-pyrrole nitrogens is 1. The van der Waals surface area contributed by atoms with Crippen LogP contribution in [-0.2, 0) is 10.0 Å². The Labute approximate surface area is 117 Å². The molecule has 2 aromatic rings. The lowest BCUT2D eigenvalue weighted by Crippen LogP contribution is -2.13. The van der Waals surface area contributed by atoms with Crippen molar-refractivity contribution < 1.29 is 8.42 Å². The zero-order valence-corrected chi connectivity index (χ0v) is 12.1. The topological polar surface area (TPSA) is 74.8 Å². The van der Waals surface area contributed by atoms with Gasteiger partial charge in [0.15, 0.2) is 5.82 Å². The van der Waals surface area contributed by atoms with Gasteiger partial charge >= 0.3 is 0 Å². The summed E-state index contributed by atoms with van der Waals surface area (Å²) < 4.78 is 26.6. The molecule has 0 aliphatic carbocycles. The number of anilines is 1. The van der Waals surface area contributed by atoms with Gasteiger partial charge in [-0.15, -0.1) is 0 Å². The third-order valence-corrected chi connectivity index (χ3v) is 4.21. The van der Waals surface area contributed by atoms with Crippen molar-refractivity contribution >= 4 is 27.4 Å². The van der Waals surface area contributed by atoms with Crippen LogP contribution in [0.1, 0.15) is 25.5 Å². The number of aromatic nitrogens is 2. The predicted molar refractivity (Wildman–Crippen MR) is 74.9 cm³/mol. The second kappa shape index (κ2) is 5.22. The molecule has 1 heterocycles. The lowest BCUT2D eigenvalue weighted by molar-refractivity contribution is 0.601. The number of hydrogen-bond donors (Lipinski definition) is 2. The van der Waals surface area contributed by atoms with Crippen molar-refractivity contribution in [2.24, 2.45) is 0 Å². The molecule has 7 heteroatoms. The number of aromatic amines is 1. The van der Waals surface area contributed by atoms with Gasteiger partial charge in [0.1, 0.15) is 0 Å². The number of nitrogens with zero attached hydrogens (tertiary/aromatic N) is 1. The van der Waals surface area contributed by atoms with Crippen LogP contribution < -0.4 is 4.72 Å². The average Bonchev–Trinajstić information content (AvgIpc) is 2.77. The number of benzene rings is 1. The molecule has 19 heavy (non-hydrogen) atoms. The lowest BCUT2D eigenvalue weighted by atomic mass is 10.1. The number of rotatable bonds is 4. The highest BCUT2D eigenvalue weighted by Crippen LogP contribution is 2.19. The van der Waals surface area contributed by atoms with Crippen molar-refractivity contribution in [3.63, 3.8) is 0 Å². The molecule has 0 atom stereocenters. The highest BCUT2D eigenvalue weighted by atomic mass is 35.5. The summed E-state index contributed by atoms with van der Waals surface area (Å²) in [4.78, 5) is 0.144. The van der Waals surface area contributed by atoms with Crippen LogP contribution in [0.2, 0.25) is 5.02 Å². The van der Waals surface area contributed by atoms with E-state index < -0.39 is 10.0 Å². The Morgan fingerprint density at radius 2 is 1.89 bits per heavy atom. The molecular weight excluding hydrogens is 286 g/mol. The number of sulfonamides is 1. The summed E-state index contributed by atoms with van der Waals surface area (Å²) in [7, 11) is -3.63. The molecular formula is C12H14ClN3O2S. The zero-order valence-electron chi connectivity index (χ0n) is 10.5. The Balaban J connectivity index is 2.23. The van der Waals surface area contributed by atoms with Gasteiger partial charge in [0.05, 0.1) is 4.90 Å². The molecule has 2 N–H and O–H groups in total. The van der Waals surface area contributed by atoms with E-state index in [1.165, 1.54) is 24.3 Å². The number of hydrogen-bond acceptors (Lipinski definition) is 3. The van der Waals surface area contributed by atoms with Gasteiger partial charge in [-0.2, -0.15) is 5.10 Å². The number of nitrogens with one attached hydrogen (secondary N) is 2. The van der Waals surface area contributed by atoms with Crippen molar-refractivity contribution in [1.29, 1.82) is 0 Å². The molecule has 0 aliphatic heterocycles. The summed E-state index contributed by atoms with van der Waals surface area (Å²) in [5.41, 5.74) is 0.869. The molecule has 102 valence electrons. The molecule has 0 saturated heterocycles. The van der Waals surface area contributed by atoms with Crippen molar-refractivity contribution in [2.45, 2.75) is 24.7 Å². The Bertz CT molecular complexity index is 663. The lowest BCUT2D eigenvalue weighted by Gasteiger charge is -2.05. The zero-order chi connectivity index (χ0) is 14.0. The Morgan fingerprint density at radius 3 is 2.42 bits per heavy atom. The molecule has 0 saturated carbocycles. The minimum absolute atomic E-state index is 0.144. The van der Waals surface area contributed by atoms with Crippen LogP contribution in [0.25, 0.3) is 0 Å². The van der Waals surface area contributed by atoms with E-state index in [1.807, 2.05) is 13.8 Å². The van der Waals surface area contributed by atoms with Crippen LogP contribution in [0.3, 0.4) is 0 Å². The van der Waals surface area contributed by atoms with Gasteiger partial charge in [-0.3, -0.25) is 9.82 Å². The summed E-state index contributed by atoms with van der Waals surface area (Å²) in [6.07, 6.45) is 0. The van der Waals surface area contributed by atoms with Gasteiger partial charge < -0.3 is 0 Å². The molecule has 1 aromatic carbocycles. The van der Waals surface area contributed by atoms with Crippen molar-refractivity contribution in [1.82, 2.24) is 10.2 Å². The summed E-state index contributed by atoms with van der Waals surface area (Å²) in [5, 5.41) is 7.20. The minimum atomic E-state index is -3.63. The molecule has 0 radical (unpaired) electrons. The molecule has 0 fully saturated rings. The second-order valence-electron chi connectivity index (χ2n) is 4.42. The summed E-state index contributed by atoms with van der Waals surface area (Å²) in [6.45, 7) is 3.98. The fraction of sp³-hybridized carbons (Fsp3) is 0.250. The van der Waals surface area contributed by atoms with E-state index in [2.05, 4.69) is 14.9 Å². The molecule has 0 bridgehead atoms. The maximum absolute atomic E-state index is 12.1. The fourth-order valence-corrected chi connectivity index (χ4v) is 2.61. The molecule has 2 rings (SSSR count). The van der Waals surface area contributed by atoms with Crippen molar-refractivity contribution in [2.75, 3.05) is 4.72 Å². The van der Waals surface area contributed by atoms with Gasteiger partial charge in [0.2, 0.25) is 0 Å². The third kappa shape index (κ3) is 3.27. The Morgan fingerprint density at radius 1 is 1.26 bits per heavy atom. The molecule has 0 spiro atoms. The Hall–Kier alpha value is -1.53. The van der Waals surface area contributed by atoms with Crippen LogP contribution in [-0.4, -0.2) is 18.6 Å². The highest BCUT2D eigenvalue weighted by Gasteiger charge is 2.16. The first-order chi connectivity index (χ1) is 8.88. The minimum Gasteiger partial charge on any atom is -0.280 e. The van der Waals surface area contributed by atoms with Crippen LogP contribution in [0.15, 0.2) is 35.2 Å². The molecule has 5 nitrogen and oxygen atoms in total. The molecule has 0 unspecified atom stereocenters. The first-order valence-corrected chi connectivity index (χ1v) is 7.58. The van der Waals surface area contributed by atoms with E-state index in [0.29, 0.717) is 5.02 Å². The molecule has 1 aromatic heterocycles.